The third-order valence-electron chi connectivity index (χ3n) is 6.04. The van der Waals surface area contributed by atoms with Crippen LogP contribution in [0.5, 0.6) is 5.75 Å². The van der Waals surface area contributed by atoms with Crippen molar-refractivity contribution in [2.24, 2.45) is 0 Å². The van der Waals surface area contributed by atoms with Gasteiger partial charge in [-0.2, -0.15) is 8.78 Å². The number of ether oxygens (including phenoxy) is 1. The molecular weight excluding hydrogens is 464 g/mol. The summed E-state index contributed by atoms with van der Waals surface area (Å²) in [7, 11) is 0. The van der Waals surface area contributed by atoms with Gasteiger partial charge in [-0.25, -0.2) is 8.78 Å². The second-order valence-corrected chi connectivity index (χ2v) is 8.64. The van der Waals surface area contributed by atoms with E-state index in [0.29, 0.717) is 10.8 Å². The molecule has 0 aliphatic carbocycles. The molecule has 4 aromatic carbocycles. The first-order valence-corrected chi connectivity index (χ1v) is 12.0. The number of rotatable bonds is 8. The van der Waals surface area contributed by atoms with Crippen LogP contribution in [0, 0.1) is 23.5 Å². The minimum Gasteiger partial charge on any atom is -0.432 e. The Morgan fingerprint density at radius 1 is 0.778 bits per heavy atom. The summed E-state index contributed by atoms with van der Waals surface area (Å²) in [5, 5.41) is 1.02. The Morgan fingerprint density at radius 3 is 2.25 bits per heavy atom. The summed E-state index contributed by atoms with van der Waals surface area (Å²) < 4.78 is 58.2. The van der Waals surface area contributed by atoms with Crippen molar-refractivity contribution in [3.05, 3.63) is 101 Å². The van der Waals surface area contributed by atoms with Crippen molar-refractivity contribution in [3.8, 4) is 28.7 Å². The van der Waals surface area contributed by atoms with Crippen LogP contribution in [0.4, 0.5) is 17.6 Å². The average molecular weight is 491 g/mol. The first kappa shape index (κ1) is 25.3. The van der Waals surface area contributed by atoms with Crippen LogP contribution in [0.15, 0.2) is 72.8 Å². The van der Waals surface area contributed by atoms with E-state index in [9.17, 15) is 13.2 Å². The van der Waals surface area contributed by atoms with Crippen molar-refractivity contribution in [1.82, 2.24) is 0 Å². The Bertz CT molecular complexity index is 1400. The molecule has 0 aliphatic heterocycles. The molecule has 0 amide bonds. The minimum atomic E-state index is -3.14. The molecule has 0 aromatic heterocycles. The van der Waals surface area contributed by atoms with Crippen molar-refractivity contribution < 1.29 is 22.3 Å². The molecule has 0 radical (unpaired) electrons. The lowest BCUT2D eigenvalue weighted by atomic mass is 9.98. The molecule has 1 nitrogen and oxygen atoms in total. The van der Waals surface area contributed by atoms with E-state index in [-0.39, 0.29) is 11.1 Å². The number of aryl methyl sites for hydroxylation is 1. The van der Waals surface area contributed by atoms with Gasteiger partial charge in [0.2, 0.25) is 0 Å². The van der Waals surface area contributed by atoms with E-state index in [2.05, 4.69) is 35.6 Å². The number of fused-ring (bicyclic) bond motifs is 1. The van der Waals surface area contributed by atoms with E-state index in [1.54, 1.807) is 24.3 Å². The molecule has 0 atom stereocenters. The molecule has 5 heteroatoms. The summed E-state index contributed by atoms with van der Waals surface area (Å²) in [6.07, 6.45) is 6.02. The molecule has 0 unspecified atom stereocenters. The summed E-state index contributed by atoms with van der Waals surface area (Å²) in [4.78, 5) is 0. The maximum Gasteiger partial charge on any atom is 0.387 e. The van der Waals surface area contributed by atoms with Crippen LogP contribution in [-0.2, 0) is 6.42 Å². The molecule has 0 fully saturated rings. The monoisotopic (exact) mass is 490 g/mol. The number of benzene rings is 4. The molecule has 36 heavy (non-hydrogen) atoms. The predicted molar refractivity (Wildman–Crippen MR) is 136 cm³/mol. The Morgan fingerprint density at radius 2 is 1.53 bits per heavy atom. The molecule has 0 saturated heterocycles. The zero-order valence-electron chi connectivity index (χ0n) is 20.0. The standard InChI is InChI=1S/C31H26F4O/c1-2-3-4-5-6-21-7-9-22(10-8-21)11-12-23-13-16-26-24(19-23)14-17-27(30(26)33)25-15-18-29(28(32)20-25)36-31(34)35/h7-10,13-20,31H,2-6H2,1H3. The number of alkyl halides is 2. The van der Waals surface area contributed by atoms with Gasteiger partial charge in [0.25, 0.3) is 0 Å². The summed E-state index contributed by atoms with van der Waals surface area (Å²) in [5.41, 5.74) is 3.36. The fourth-order valence-electron chi connectivity index (χ4n) is 4.11. The Labute approximate surface area is 208 Å². The van der Waals surface area contributed by atoms with Gasteiger partial charge in [-0.3, -0.25) is 0 Å². The van der Waals surface area contributed by atoms with Gasteiger partial charge in [-0.1, -0.05) is 74.4 Å². The van der Waals surface area contributed by atoms with E-state index in [0.717, 1.165) is 29.7 Å². The van der Waals surface area contributed by atoms with Gasteiger partial charge in [0.1, 0.15) is 5.82 Å². The maximum absolute atomic E-state index is 15.2. The highest BCUT2D eigenvalue weighted by molar-refractivity contribution is 5.89. The van der Waals surface area contributed by atoms with Gasteiger partial charge < -0.3 is 4.74 Å². The van der Waals surface area contributed by atoms with Gasteiger partial charge in [0.15, 0.2) is 11.6 Å². The smallest absolute Gasteiger partial charge is 0.387 e. The first-order chi connectivity index (χ1) is 17.4. The highest BCUT2D eigenvalue weighted by atomic mass is 19.3. The van der Waals surface area contributed by atoms with Crippen molar-refractivity contribution in [1.29, 1.82) is 0 Å². The summed E-state index contributed by atoms with van der Waals surface area (Å²) in [6, 6.07) is 20.1. The maximum atomic E-state index is 15.2. The molecule has 0 N–H and O–H groups in total. The largest absolute Gasteiger partial charge is 0.432 e. The van der Waals surface area contributed by atoms with E-state index < -0.39 is 24.0 Å². The summed E-state index contributed by atoms with van der Waals surface area (Å²) >= 11 is 0. The van der Waals surface area contributed by atoms with E-state index in [1.807, 2.05) is 12.1 Å². The second kappa shape index (κ2) is 11.8. The Kier molecular flexibility index (Phi) is 8.28. The molecular formula is C31H26F4O. The van der Waals surface area contributed by atoms with Crippen LogP contribution in [0.2, 0.25) is 0 Å². The SMILES string of the molecule is CCCCCCc1ccc(C#Cc2ccc3c(F)c(-c4ccc(OC(F)F)c(F)c4)ccc3c2)cc1. The lowest BCUT2D eigenvalue weighted by Gasteiger charge is -2.10. The quantitative estimate of drug-likeness (QED) is 0.136. The average Bonchev–Trinajstić information content (AvgIpc) is 2.87. The lowest BCUT2D eigenvalue weighted by molar-refractivity contribution is -0.0521. The highest BCUT2D eigenvalue weighted by Crippen LogP contribution is 2.32. The van der Waals surface area contributed by atoms with Crippen LogP contribution >= 0.6 is 0 Å². The van der Waals surface area contributed by atoms with Crippen molar-refractivity contribution in [2.75, 3.05) is 0 Å². The molecule has 0 heterocycles. The molecule has 0 aliphatic rings. The van der Waals surface area contributed by atoms with Gasteiger partial charge in [0.05, 0.1) is 0 Å². The van der Waals surface area contributed by atoms with Crippen molar-refractivity contribution in [3.63, 3.8) is 0 Å². The van der Waals surface area contributed by atoms with Crippen LogP contribution < -0.4 is 4.74 Å². The van der Waals surface area contributed by atoms with E-state index >= 15 is 4.39 Å². The topological polar surface area (TPSA) is 9.23 Å². The van der Waals surface area contributed by atoms with Crippen molar-refractivity contribution in [2.45, 2.75) is 45.6 Å². The number of hydrogen-bond donors (Lipinski definition) is 0. The molecule has 4 rings (SSSR count). The van der Waals surface area contributed by atoms with Crippen LogP contribution in [0.25, 0.3) is 21.9 Å². The molecule has 4 aromatic rings. The van der Waals surface area contributed by atoms with Gasteiger partial charge in [-0.05, 0) is 65.8 Å². The predicted octanol–water partition coefficient (Wildman–Crippen LogP) is 8.91. The summed E-state index contributed by atoms with van der Waals surface area (Å²) in [6.45, 7) is -0.933. The summed E-state index contributed by atoms with van der Waals surface area (Å²) in [5.74, 6) is 4.19. The van der Waals surface area contributed by atoms with Gasteiger partial charge in [0, 0.05) is 22.1 Å². The fraction of sp³-hybridized carbons (Fsp3) is 0.226. The Hall–Kier alpha value is -3.78. The normalized spacial score (nSPS) is 10.9. The zero-order valence-corrected chi connectivity index (χ0v) is 20.0. The molecule has 184 valence electrons. The third kappa shape index (κ3) is 6.26. The lowest BCUT2D eigenvalue weighted by Crippen LogP contribution is -2.03. The van der Waals surface area contributed by atoms with Crippen molar-refractivity contribution >= 4 is 10.8 Å². The highest BCUT2D eigenvalue weighted by Gasteiger charge is 2.14. The molecule has 0 spiro atoms. The zero-order chi connectivity index (χ0) is 25.5. The second-order valence-electron chi connectivity index (χ2n) is 8.64. The van der Waals surface area contributed by atoms with Crippen LogP contribution in [-0.4, -0.2) is 6.61 Å². The number of unbranched alkanes of at least 4 members (excludes halogenated alkanes) is 3. The van der Waals surface area contributed by atoms with Gasteiger partial charge >= 0.3 is 6.61 Å². The Balaban J connectivity index is 1.51. The van der Waals surface area contributed by atoms with Crippen LogP contribution in [0.3, 0.4) is 0 Å². The van der Waals surface area contributed by atoms with E-state index in [1.165, 1.54) is 43.4 Å². The number of hydrogen-bond acceptors (Lipinski definition) is 1. The molecule has 0 saturated carbocycles. The fourth-order valence-corrected chi connectivity index (χ4v) is 4.11. The van der Waals surface area contributed by atoms with E-state index in [4.69, 9.17) is 0 Å². The van der Waals surface area contributed by atoms with Gasteiger partial charge in [-0.15, -0.1) is 0 Å². The first-order valence-electron chi connectivity index (χ1n) is 12.0. The minimum absolute atomic E-state index is 0.165. The van der Waals surface area contributed by atoms with Crippen LogP contribution in [0.1, 0.15) is 49.3 Å². The molecule has 0 bridgehead atoms. The third-order valence-corrected chi connectivity index (χ3v) is 6.04. The number of halogens is 4.